The summed E-state index contributed by atoms with van der Waals surface area (Å²) in [6.07, 6.45) is 0. The van der Waals surface area contributed by atoms with Crippen molar-refractivity contribution in [3.05, 3.63) is 40.7 Å². The summed E-state index contributed by atoms with van der Waals surface area (Å²) in [5, 5.41) is 12.7. The van der Waals surface area contributed by atoms with Crippen molar-refractivity contribution in [3.63, 3.8) is 0 Å². The Hall–Kier alpha value is -1.84. The van der Waals surface area contributed by atoms with Crippen LogP contribution in [0.2, 0.25) is 0 Å². The Morgan fingerprint density at radius 2 is 1.90 bits per heavy atom. The molecule has 0 aliphatic heterocycles. The molecule has 0 saturated carbocycles. The van der Waals surface area contributed by atoms with Crippen LogP contribution in [0.3, 0.4) is 0 Å². The number of rotatable bonds is 4. The fraction of sp³-hybridized carbons (Fsp3) is 0.250. The van der Waals surface area contributed by atoms with E-state index in [4.69, 9.17) is 0 Å². The lowest BCUT2D eigenvalue weighted by molar-refractivity contribution is 0.580. The third-order valence-corrected chi connectivity index (χ3v) is 5.25. The number of sulfonamides is 1. The van der Waals surface area contributed by atoms with Crippen LogP contribution < -0.4 is 4.72 Å². The molecule has 1 N–H and O–H groups in total. The van der Waals surface area contributed by atoms with Crippen LogP contribution in [-0.2, 0) is 16.6 Å². The smallest absolute Gasteiger partial charge is 0.207 e. The van der Waals surface area contributed by atoms with Crippen molar-refractivity contribution in [1.29, 1.82) is 0 Å². The van der Waals surface area contributed by atoms with E-state index >= 15 is 0 Å². The Morgan fingerprint density at radius 3 is 2.57 bits per heavy atom. The van der Waals surface area contributed by atoms with E-state index in [9.17, 15) is 8.42 Å². The van der Waals surface area contributed by atoms with E-state index in [1.165, 1.54) is 11.3 Å². The van der Waals surface area contributed by atoms with E-state index in [0.717, 1.165) is 5.56 Å². The molecule has 0 amide bonds. The molecular formula is C12H13N5O2S2. The minimum atomic E-state index is -3.53. The Kier molecular flexibility index (Phi) is 3.47. The second kappa shape index (κ2) is 5.17. The summed E-state index contributed by atoms with van der Waals surface area (Å²) in [5.74, 6) is 0.675. The van der Waals surface area contributed by atoms with Crippen molar-refractivity contribution < 1.29 is 8.42 Å². The second-order valence-electron chi connectivity index (χ2n) is 4.57. The van der Waals surface area contributed by atoms with Crippen LogP contribution in [0.5, 0.6) is 0 Å². The number of benzene rings is 1. The summed E-state index contributed by atoms with van der Waals surface area (Å²) in [4.78, 5) is 0.893. The molecule has 0 atom stereocenters. The average Bonchev–Trinajstić information content (AvgIpc) is 3.00. The molecule has 0 aliphatic carbocycles. The van der Waals surface area contributed by atoms with Crippen molar-refractivity contribution >= 4 is 26.3 Å². The lowest BCUT2D eigenvalue weighted by Crippen LogP contribution is -2.23. The molecule has 0 fully saturated rings. The number of nitrogens with one attached hydrogen (secondary N) is 1. The first-order valence-electron chi connectivity index (χ1n) is 6.20. The number of fused-ring (bicyclic) bond motifs is 1. The first-order chi connectivity index (χ1) is 9.95. The molecule has 0 saturated heterocycles. The number of hydrogen-bond acceptors (Lipinski definition) is 6. The Balaban J connectivity index is 1.78. The van der Waals surface area contributed by atoms with Crippen LogP contribution in [0.1, 0.15) is 16.4 Å². The first kappa shape index (κ1) is 14.1. The van der Waals surface area contributed by atoms with E-state index in [0.29, 0.717) is 15.8 Å². The van der Waals surface area contributed by atoms with Gasteiger partial charge >= 0.3 is 0 Å². The van der Waals surface area contributed by atoms with E-state index in [-0.39, 0.29) is 11.4 Å². The number of aromatic nitrogens is 4. The van der Waals surface area contributed by atoms with Crippen LogP contribution in [-0.4, -0.2) is 28.2 Å². The van der Waals surface area contributed by atoms with Crippen LogP contribution in [0.4, 0.5) is 0 Å². The fourth-order valence-corrected chi connectivity index (χ4v) is 3.68. The summed E-state index contributed by atoms with van der Waals surface area (Å²) in [7, 11) is -3.53. The molecule has 3 rings (SSSR count). The Labute approximate surface area is 125 Å². The van der Waals surface area contributed by atoms with Crippen LogP contribution in [0.25, 0.3) is 4.96 Å². The van der Waals surface area contributed by atoms with E-state index in [2.05, 4.69) is 20.0 Å². The molecule has 21 heavy (non-hydrogen) atoms. The van der Waals surface area contributed by atoms with E-state index < -0.39 is 10.0 Å². The summed E-state index contributed by atoms with van der Waals surface area (Å²) in [6, 6.07) is 6.70. The maximum absolute atomic E-state index is 12.2. The van der Waals surface area contributed by atoms with Gasteiger partial charge in [-0.3, -0.25) is 0 Å². The monoisotopic (exact) mass is 323 g/mol. The molecular weight excluding hydrogens is 310 g/mol. The van der Waals surface area contributed by atoms with Gasteiger partial charge in [0.2, 0.25) is 15.0 Å². The van der Waals surface area contributed by atoms with Crippen LogP contribution in [0.15, 0.2) is 29.2 Å². The van der Waals surface area contributed by atoms with Gasteiger partial charge in [-0.2, -0.15) is 9.61 Å². The van der Waals surface area contributed by atoms with Crippen molar-refractivity contribution in [2.24, 2.45) is 0 Å². The van der Waals surface area contributed by atoms with Gasteiger partial charge < -0.3 is 0 Å². The zero-order valence-corrected chi connectivity index (χ0v) is 13.1. The van der Waals surface area contributed by atoms with Gasteiger partial charge in [0.1, 0.15) is 5.01 Å². The third-order valence-electron chi connectivity index (χ3n) is 2.93. The molecule has 1 aromatic carbocycles. The summed E-state index contributed by atoms with van der Waals surface area (Å²) >= 11 is 1.31. The highest BCUT2D eigenvalue weighted by Gasteiger charge is 2.15. The molecule has 3 aromatic rings. The zero-order valence-electron chi connectivity index (χ0n) is 11.4. The predicted octanol–water partition coefficient (Wildman–Crippen LogP) is 1.28. The number of aryl methyl sites for hydroxylation is 2. The van der Waals surface area contributed by atoms with Crippen molar-refractivity contribution in [1.82, 2.24) is 24.5 Å². The molecule has 0 unspecified atom stereocenters. The van der Waals surface area contributed by atoms with Gasteiger partial charge in [-0.05, 0) is 26.0 Å². The first-order valence-corrected chi connectivity index (χ1v) is 8.50. The highest BCUT2D eigenvalue weighted by Crippen LogP contribution is 2.15. The number of nitrogens with zero attached hydrogens (tertiary/aromatic N) is 4. The minimum absolute atomic E-state index is 0.129. The highest BCUT2D eigenvalue weighted by molar-refractivity contribution is 7.89. The van der Waals surface area contributed by atoms with Gasteiger partial charge in [0, 0.05) is 0 Å². The largest absolute Gasteiger partial charge is 0.240 e. The molecule has 2 aromatic heterocycles. The van der Waals surface area contributed by atoms with Crippen molar-refractivity contribution in [2.45, 2.75) is 25.3 Å². The number of hydrogen-bond donors (Lipinski definition) is 1. The molecule has 7 nitrogen and oxygen atoms in total. The normalized spacial score (nSPS) is 12.1. The highest BCUT2D eigenvalue weighted by atomic mass is 32.2. The van der Waals surface area contributed by atoms with Gasteiger partial charge in [-0.25, -0.2) is 13.1 Å². The molecule has 0 aliphatic rings. The maximum Gasteiger partial charge on any atom is 0.240 e. The van der Waals surface area contributed by atoms with Gasteiger partial charge in [-0.1, -0.05) is 29.0 Å². The van der Waals surface area contributed by atoms with Crippen LogP contribution in [0, 0.1) is 13.8 Å². The molecule has 0 radical (unpaired) electrons. The minimum Gasteiger partial charge on any atom is -0.207 e. The quantitative estimate of drug-likeness (QED) is 0.781. The molecule has 0 spiro atoms. The maximum atomic E-state index is 12.2. The van der Waals surface area contributed by atoms with Gasteiger partial charge in [0.05, 0.1) is 11.4 Å². The van der Waals surface area contributed by atoms with E-state index in [1.807, 2.05) is 6.92 Å². The van der Waals surface area contributed by atoms with Crippen molar-refractivity contribution in [2.75, 3.05) is 0 Å². The lowest BCUT2D eigenvalue weighted by Gasteiger charge is -2.05. The average molecular weight is 323 g/mol. The molecule has 0 bridgehead atoms. The molecule has 2 heterocycles. The topological polar surface area (TPSA) is 89.2 Å². The summed E-state index contributed by atoms with van der Waals surface area (Å²) < 4.78 is 28.5. The van der Waals surface area contributed by atoms with Gasteiger partial charge in [0.25, 0.3) is 0 Å². The standard InChI is InChI=1S/C12H13N5O2S2/c1-8-3-5-10(6-4-8)21(18,19)13-7-11-16-17-9(2)14-15-12(17)20-11/h3-6,13H,7H2,1-2H3. The zero-order chi connectivity index (χ0) is 15.0. The summed E-state index contributed by atoms with van der Waals surface area (Å²) in [6.45, 7) is 3.83. The molecule has 110 valence electrons. The second-order valence-corrected chi connectivity index (χ2v) is 7.38. The Morgan fingerprint density at radius 1 is 1.19 bits per heavy atom. The lowest BCUT2D eigenvalue weighted by atomic mass is 10.2. The third kappa shape index (κ3) is 2.80. The SMILES string of the molecule is Cc1ccc(S(=O)(=O)NCc2nn3c(C)nnc3s2)cc1. The van der Waals surface area contributed by atoms with E-state index in [1.54, 1.807) is 35.7 Å². The van der Waals surface area contributed by atoms with Crippen LogP contribution >= 0.6 is 11.3 Å². The fourth-order valence-electron chi connectivity index (χ4n) is 1.78. The van der Waals surface area contributed by atoms with Crippen molar-refractivity contribution in [3.8, 4) is 0 Å². The Bertz CT molecular complexity index is 880. The van der Waals surface area contributed by atoms with Gasteiger partial charge in [0.15, 0.2) is 5.82 Å². The summed E-state index contributed by atoms with van der Waals surface area (Å²) in [5.41, 5.74) is 1.01. The van der Waals surface area contributed by atoms with Gasteiger partial charge in [-0.15, -0.1) is 10.2 Å². The molecule has 9 heteroatoms. The predicted molar refractivity (Wildman–Crippen MR) is 78.6 cm³/mol.